The van der Waals surface area contributed by atoms with E-state index in [1.165, 1.54) is 0 Å². The summed E-state index contributed by atoms with van der Waals surface area (Å²) in [7, 11) is 4.18. The van der Waals surface area contributed by atoms with Crippen molar-refractivity contribution < 1.29 is 4.92 Å². The quantitative estimate of drug-likeness (QED) is 0.479. The van der Waals surface area contributed by atoms with Crippen LogP contribution in [-0.4, -0.2) is 43.0 Å². The summed E-state index contributed by atoms with van der Waals surface area (Å²) < 4.78 is 0. The van der Waals surface area contributed by atoms with Crippen LogP contribution < -0.4 is 4.90 Å². The van der Waals surface area contributed by atoms with Crippen LogP contribution >= 0.6 is 15.9 Å². The van der Waals surface area contributed by atoms with Crippen molar-refractivity contribution in [3.63, 3.8) is 0 Å². The van der Waals surface area contributed by atoms with Gasteiger partial charge in [0.25, 0.3) is 5.69 Å². The van der Waals surface area contributed by atoms with Crippen molar-refractivity contribution in [1.29, 1.82) is 0 Å². The molecule has 1 fully saturated rings. The van der Waals surface area contributed by atoms with Crippen molar-refractivity contribution in [3.8, 4) is 0 Å². The Morgan fingerprint density at radius 3 is 2.55 bits per heavy atom. The van der Waals surface area contributed by atoms with E-state index >= 15 is 0 Å². The Balaban J connectivity index is 2.19. The van der Waals surface area contributed by atoms with Crippen molar-refractivity contribution in [2.45, 2.75) is 24.2 Å². The third-order valence-electron chi connectivity index (χ3n) is 3.93. The lowest BCUT2D eigenvalue weighted by Crippen LogP contribution is -2.42. The van der Waals surface area contributed by atoms with Crippen LogP contribution in [0.3, 0.4) is 0 Å². The number of piperidine rings is 1. The van der Waals surface area contributed by atoms with E-state index in [0.717, 1.165) is 37.2 Å². The van der Waals surface area contributed by atoms with Crippen LogP contribution in [0.2, 0.25) is 0 Å². The Hall–Kier alpha value is -1.14. The van der Waals surface area contributed by atoms with Crippen LogP contribution in [0.15, 0.2) is 18.2 Å². The van der Waals surface area contributed by atoms with Gasteiger partial charge in [0.2, 0.25) is 0 Å². The number of rotatable bonds is 4. The lowest BCUT2D eigenvalue weighted by atomic mass is 10.0. The maximum absolute atomic E-state index is 11.3. The zero-order valence-electron chi connectivity index (χ0n) is 11.9. The molecule has 0 spiro atoms. The summed E-state index contributed by atoms with van der Waals surface area (Å²) in [6, 6.07) is 6.08. The van der Waals surface area contributed by atoms with Crippen molar-refractivity contribution in [1.82, 2.24) is 4.90 Å². The third-order valence-corrected chi connectivity index (χ3v) is 4.57. The first kappa shape index (κ1) is 15.3. The molecule has 0 amide bonds. The van der Waals surface area contributed by atoms with Gasteiger partial charge in [0, 0.05) is 30.5 Å². The molecular weight excluding hydrogens is 322 g/mol. The van der Waals surface area contributed by atoms with Crippen molar-refractivity contribution in [2.24, 2.45) is 0 Å². The van der Waals surface area contributed by atoms with E-state index in [-0.39, 0.29) is 10.6 Å². The van der Waals surface area contributed by atoms with Crippen LogP contribution in [0.5, 0.6) is 0 Å². The average Bonchev–Trinajstić information content (AvgIpc) is 2.46. The number of hydrogen-bond donors (Lipinski definition) is 0. The highest BCUT2D eigenvalue weighted by Crippen LogP contribution is 2.32. The van der Waals surface area contributed by atoms with Gasteiger partial charge in [-0.15, -0.1) is 0 Å². The number of alkyl halides is 1. The van der Waals surface area contributed by atoms with Crippen LogP contribution in [0.4, 0.5) is 11.4 Å². The molecule has 1 aliphatic heterocycles. The van der Waals surface area contributed by atoms with Crippen LogP contribution in [-0.2, 0) is 5.33 Å². The maximum atomic E-state index is 11.3. The zero-order chi connectivity index (χ0) is 14.7. The molecule has 0 aliphatic carbocycles. The first-order valence-electron chi connectivity index (χ1n) is 6.77. The Labute approximate surface area is 127 Å². The fraction of sp³-hybridized carbons (Fsp3) is 0.571. The molecule has 0 saturated carbocycles. The van der Waals surface area contributed by atoms with Crippen molar-refractivity contribution in [3.05, 3.63) is 33.9 Å². The Morgan fingerprint density at radius 2 is 2.05 bits per heavy atom. The molecular formula is C14H20BrN3O2. The largest absolute Gasteiger partial charge is 0.366 e. The fourth-order valence-corrected chi connectivity index (χ4v) is 3.04. The van der Waals surface area contributed by atoms with Crippen molar-refractivity contribution >= 4 is 27.3 Å². The van der Waals surface area contributed by atoms with Crippen LogP contribution in [0, 0.1) is 10.1 Å². The molecule has 0 atom stereocenters. The van der Waals surface area contributed by atoms with E-state index in [4.69, 9.17) is 0 Å². The molecule has 1 saturated heterocycles. The van der Waals surface area contributed by atoms with E-state index in [9.17, 15) is 10.1 Å². The number of nitrogens with zero attached hydrogens (tertiary/aromatic N) is 3. The predicted octanol–water partition coefficient (Wildman–Crippen LogP) is 3.02. The SMILES string of the molecule is CN(C)C1CCN(c2ccc(CBr)cc2[N+](=O)[O-])CC1. The van der Waals surface area contributed by atoms with Gasteiger partial charge in [0.05, 0.1) is 4.92 Å². The monoisotopic (exact) mass is 341 g/mol. The molecule has 0 N–H and O–H groups in total. The minimum atomic E-state index is -0.278. The number of nitro benzene ring substituents is 1. The Bertz CT molecular complexity index is 485. The lowest BCUT2D eigenvalue weighted by Gasteiger charge is -2.36. The second-order valence-electron chi connectivity index (χ2n) is 5.40. The molecule has 110 valence electrons. The van der Waals surface area contributed by atoms with Crippen molar-refractivity contribution in [2.75, 3.05) is 32.1 Å². The van der Waals surface area contributed by atoms with E-state index in [1.807, 2.05) is 12.1 Å². The highest BCUT2D eigenvalue weighted by molar-refractivity contribution is 9.08. The van der Waals surface area contributed by atoms with E-state index < -0.39 is 0 Å². The highest BCUT2D eigenvalue weighted by atomic mass is 79.9. The van der Waals surface area contributed by atoms with Gasteiger partial charge in [-0.25, -0.2) is 0 Å². The van der Waals surface area contributed by atoms with Gasteiger partial charge in [-0.2, -0.15) is 0 Å². The molecule has 0 aromatic heterocycles. The molecule has 0 unspecified atom stereocenters. The first-order chi connectivity index (χ1) is 9.52. The summed E-state index contributed by atoms with van der Waals surface area (Å²) in [5.41, 5.74) is 1.89. The van der Waals surface area contributed by atoms with Gasteiger partial charge in [0.1, 0.15) is 5.69 Å². The van der Waals surface area contributed by atoms with Gasteiger partial charge in [0.15, 0.2) is 0 Å². The van der Waals surface area contributed by atoms with Gasteiger partial charge in [-0.1, -0.05) is 22.0 Å². The molecule has 1 heterocycles. The topological polar surface area (TPSA) is 49.6 Å². The van der Waals surface area contributed by atoms with Gasteiger partial charge in [-0.3, -0.25) is 10.1 Å². The van der Waals surface area contributed by atoms with E-state index in [2.05, 4.69) is 39.8 Å². The number of halogens is 1. The Kier molecular flexibility index (Phi) is 4.99. The molecule has 5 nitrogen and oxygen atoms in total. The average molecular weight is 342 g/mol. The molecule has 0 radical (unpaired) electrons. The van der Waals surface area contributed by atoms with Crippen LogP contribution in [0.25, 0.3) is 0 Å². The maximum Gasteiger partial charge on any atom is 0.292 e. The summed E-state index contributed by atoms with van der Waals surface area (Å²) >= 11 is 3.34. The minimum Gasteiger partial charge on any atom is -0.366 e. The molecule has 2 rings (SSSR count). The van der Waals surface area contributed by atoms with Gasteiger partial charge in [-0.05, 0) is 38.6 Å². The van der Waals surface area contributed by atoms with E-state index in [1.54, 1.807) is 6.07 Å². The minimum absolute atomic E-state index is 0.213. The van der Waals surface area contributed by atoms with Gasteiger partial charge >= 0.3 is 0 Å². The highest BCUT2D eigenvalue weighted by Gasteiger charge is 2.25. The summed E-state index contributed by atoms with van der Waals surface area (Å²) in [6.07, 6.45) is 2.09. The Morgan fingerprint density at radius 1 is 1.40 bits per heavy atom. The second kappa shape index (κ2) is 6.54. The van der Waals surface area contributed by atoms with Crippen LogP contribution in [0.1, 0.15) is 18.4 Å². The molecule has 1 aromatic carbocycles. The molecule has 1 aliphatic rings. The zero-order valence-corrected chi connectivity index (χ0v) is 13.5. The molecule has 1 aromatic rings. The fourth-order valence-electron chi connectivity index (χ4n) is 2.69. The number of nitro groups is 1. The number of anilines is 1. The standard InChI is InChI=1S/C14H20BrN3O2/c1-16(2)12-5-7-17(8-6-12)13-4-3-11(10-15)9-14(13)18(19)20/h3-4,9,12H,5-8,10H2,1-2H3. The number of hydrogen-bond acceptors (Lipinski definition) is 4. The van der Waals surface area contributed by atoms with E-state index in [0.29, 0.717) is 11.4 Å². The van der Waals surface area contributed by atoms with Gasteiger partial charge < -0.3 is 9.80 Å². The normalized spacial score (nSPS) is 16.7. The predicted molar refractivity (Wildman–Crippen MR) is 84.6 cm³/mol. The molecule has 0 bridgehead atoms. The molecule has 20 heavy (non-hydrogen) atoms. The lowest BCUT2D eigenvalue weighted by molar-refractivity contribution is -0.384. The second-order valence-corrected chi connectivity index (χ2v) is 5.96. The summed E-state index contributed by atoms with van der Waals surface area (Å²) in [4.78, 5) is 15.4. The summed E-state index contributed by atoms with van der Waals surface area (Å²) in [6.45, 7) is 1.74. The first-order valence-corrected chi connectivity index (χ1v) is 7.89. The smallest absolute Gasteiger partial charge is 0.292 e. The number of benzene rings is 1. The molecule has 6 heteroatoms. The summed E-state index contributed by atoms with van der Waals surface area (Å²) in [5.74, 6) is 0. The summed E-state index contributed by atoms with van der Waals surface area (Å²) in [5, 5.41) is 11.9. The third kappa shape index (κ3) is 3.30.